The van der Waals surface area contributed by atoms with E-state index in [1.807, 2.05) is 6.08 Å². The van der Waals surface area contributed by atoms with Crippen molar-refractivity contribution in [3.05, 3.63) is 42.5 Å². The quantitative estimate of drug-likeness (QED) is 0.544. The summed E-state index contributed by atoms with van der Waals surface area (Å²) < 4.78 is 0. The Kier molecular flexibility index (Phi) is 4.96. The second-order valence-corrected chi connectivity index (χ2v) is 4.18. The Labute approximate surface area is 93.2 Å². The third-order valence-corrected chi connectivity index (χ3v) is 2.28. The molecular weight excluding hydrogens is 182 g/mol. The van der Waals surface area contributed by atoms with Gasteiger partial charge in [0.2, 0.25) is 0 Å². The van der Waals surface area contributed by atoms with Crippen LogP contribution in [0.1, 0.15) is 32.3 Å². The van der Waals surface area contributed by atoms with Crippen molar-refractivity contribution >= 4 is 5.69 Å². The third-order valence-electron chi connectivity index (χ3n) is 2.28. The van der Waals surface area contributed by atoms with Crippen molar-refractivity contribution < 1.29 is 0 Å². The van der Waals surface area contributed by atoms with E-state index in [1.165, 1.54) is 17.7 Å². The average molecular weight is 203 g/mol. The number of hydrogen-bond acceptors (Lipinski definition) is 1. The van der Waals surface area contributed by atoms with Gasteiger partial charge in [0.15, 0.2) is 0 Å². The molecule has 0 saturated heterocycles. The first-order chi connectivity index (χ1) is 7.22. The van der Waals surface area contributed by atoms with Crippen molar-refractivity contribution in [2.24, 2.45) is 0 Å². The van der Waals surface area contributed by atoms with Gasteiger partial charge in [-0.25, -0.2) is 0 Å². The Morgan fingerprint density at radius 3 is 2.47 bits per heavy atom. The molecule has 0 atom stereocenters. The molecule has 1 N–H and O–H groups in total. The first-order valence-corrected chi connectivity index (χ1v) is 5.68. The molecule has 0 aliphatic rings. The van der Waals surface area contributed by atoms with Crippen LogP contribution >= 0.6 is 0 Å². The first-order valence-electron chi connectivity index (χ1n) is 5.68. The molecule has 82 valence electrons. The molecule has 0 amide bonds. The molecule has 1 rings (SSSR count). The van der Waals surface area contributed by atoms with Gasteiger partial charge in [-0.15, -0.1) is 6.58 Å². The van der Waals surface area contributed by atoms with E-state index in [9.17, 15) is 0 Å². The molecule has 0 radical (unpaired) electrons. The zero-order valence-electron chi connectivity index (χ0n) is 9.79. The minimum absolute atomic E-state index is 0.497. The molecule has 0 heterocycles. The second kappa shape index (κ2) is 6.28. The highest BCUT2D eigenvalue weighted by Crippen LogP contribution is 2.12. The van der Waals surface area contributed by atoms with Gasteiger partial charge in [0.1, 0.15) is 0 Å². The van der Waals surface area contributed by atoms with Crippen molar-refractivity contribution in [2.45, 2.75) is 39.2 Å². The van der Waals surface area contributed by atoms with Crippen LogP contribution in [0.25, 0.3) is 0 Å². The maximum absolute atomic E-state index is 3.73. The summed E-state index contributed by atoms with van der Waals surface area (Å²) >= 11 is 0. The Balaban J connectivity index is 2.45. The van der Waals surface area contributed by atoms with E-state index in [0.717, 1.165) is 12.8 Å². The summed E-state index contributed by atoms with van der Waals surface area (Å²) in [5, 5.41) is 3.38. The van der Waals surface area contributed by atoms with Gasteiger partial charge in [-0.2, -0.15) is 0 Å². The van der Waals surface area contributed by atoms with Gasteiger partial charge in [-0.05, 0) is 50.8 Å². The summed E-state index contributed by atoms with van der Waals surface area (Å²) in [6.07, 6.45) is 5.43. The van der Waals surface area contributed by atoms with Gasteiger partial charge in [0, 0.05) is 11.7 Å². The second-order valence-electron chi connectivity index (χ2n) is 4.18. The van der Waals surface area contributed by atoms with Crippen LogP contribution in [0.5, 0.6) is 0 Å². The molecule has 1 aromatic carbocycles. The molecule has 0 bridgehead atoms. The molecule has 0 unspecified atom stereocenters. The molecule has 0 fully saturated rings. The molecular formula is C14H21N. The standard InChI is InChI=1S/C14H21N/c1-4-5-6-7-13-8-10-14(11-9-13)15-12(2)3/h4,8-12,15H,1,5-7H2,2-3H3. The van der Waals surface area contributed by atoms with Crippen LogP contribution in [0.4, 0.5) is 5.69 Å². The van der Waals surface area contributed by atoms with E-state index in [0.29, 0.717) is 6.04 Å². The predicted molar refractivity (Wildman–Crippen MR) is 68.3 cm³/mol. The van der Waals surface area contributed by atoms with Crippen molar-refractivity contribution in [3.8, 4) is 0 Å². The molecule has 0 aliphatic carbocycles. The molecule has 0 saturated carbocycles. The molecule has 0 aliphatic heterocycles. The van der Waals surface area contributed by atoms with Crippen molar-refractivity contribution in [1.82, 2.24) is 0 Å². The van der Waals surface area contributed by atoms with Crippen molar-refractivity contribution in [1.29, 1.82) is 0 Å². The maximum Gasteiger partial charge on any atom is 0.0342 e. The van der Waals surface area contributed by atoms with Crippen molar-refractivity contribution in [2.75, 3.05) is 5.32 Å². The lowest BCUT2D eigenvalue weighted by molar-refractivity contribution is 0.843. The van der Waals surface area contributed by atoms with E-state index < -0.39 is 0 Å². The summed E-state index contributed by atoms with van der Waals surface area (Å²) in [5.74, 6) is 0. The Bertz CT molecular complexity index is 285. The van der Waals surface area contributed by atoms with Gasteiger partial charge in [-0.1, -0.05) is 18.2 Å². The summed E-state index contributed by atoms with van der Waals surface area (Å²) in [7, 11) is 0. The summed E-state index contributed by atoms with van der Waals surface area (Å²) in [6.45, 7) is 8.03. The zero-order chi connectivity index (χ0) is 11.1. The minimum atomic E-state index is 0.497. The van der Waals surface area contributed by atoms with E-state index in [2.05, 4.69) is 50.0 Å². The van der Waals surface area contributed by atoms with Crippen LogP contribution in [0.3, 0.4) is 0 Å². The SMILES string of the molecule is C=CCCCc1ccc(NC(C)C)cc1. The summed E-state index contributed by atoms with van der Waals surface area (Å²) in [4.78, 5) is 0. The number of aryl methyl sites for hydroxylation is 1. The number of anilines is 1. The highest BCUT2D eigenvalue weighted by atomic mass is 14.9. The van der Waals surface area contributed by atoms with Crippen molar-refractivity contribution in [3.63, 3.8) is 0 Å². The zero-order valence-corrected chi connectivity index (χ0v) is 9.79. The third kappa shape index (κ3) is 4.68. The topological polar surface area (TPSA) is 12.0 Å². The van der Waals surface area contributed by atoms with E-state index in [-0.39, 0.29) is 0 Å². The lowest BCUT2D eigenvalue weighted by Crippen LogP contribution is -2.09. The van der Waals surface area contributed by atoms with E-state index in [1.54, 1.807) is 0 Å². The average Bonchev–Trinajstić information content (AvgIpc) is 2.20. The van der Waals surface area contributed by atoms with Gasteiger partial charge in [0.05, 0.1) is 0 Å². The van der Waals surface area contributed by atoms with Crippen LogP contribution < -0.4 is 5.32 Å². The van der Waals surface area contributed by atoms with Gasteiger partial charge >= 0.3 is 0 Å². The number of allylic oxidation sites excluding steroid dienone is 1. The van der Waals surface area contributed by atoms with E-state index in [4.69, 9.17) is 0 Å². The summed E-state index contributed by atoms with van der Waals surface area (Å²) in [6, 6.07) is 9.21. The monoisotopic (exact) mass is 203 g/mol. The minimum Gasteiger partial charge on any atom is -0.383 e. The van der Waals surface area contributed by atoms with Crippen LogP contribution in [-0.2, 0) is 6.42 Å². The number of nitrogens with one attached hydrogen (secondary N) is 1. The van der Waals surface area contributed by atoms with Crippen LogP contribution in [0.15, 0.2) is 36.9 Å². The number of rotatable bonds is 6. The maximum atomic E-state index is 3.73. The number of unbranched alkanes of at least 4 members (excludes halogenated alkanes) is 1. The Morgan fingerprint density at radius 1 is 1.27 bits per heavy atom. The van der Waals surface area contributed by atoms with Crippen LogP contribution in [0.2, 0.25) is 0 Å². The highest BCUT2D eigenvalue weighted by molar-refractivity contribution is 5.45. The number of hydrogen-bond donors (Lipinski definition) is 1. The fourth-order valence-electron chi connectivity index (χ4n) is 1.55. The highest BCUT2D eigenvalue weighted by Gasteiger charge is 1.96. The predicted octanol–water partition coefficient (Wildman–Crippen LogP) is 4.02. The van der Waals surface area contributed by atoms with Crippen LogP contribution in [0, 0.1) is 0 Å². The van der Waals surface area contributed by atoms with E-state index >= 15 is 0 Å². The molecule has 15 heavy (non-hydrogen) atoms. The lowest BCUT2D eigenvalue weighted by atomic mass is 10.1. The molecule has 1 aromatic rings. The summed E-state index contributed by atoms with van der Waals surface area (Å²) in [5.41, 5.74) is 2.61. The Hall–Kier alpha value is -1.24. The molecule has 1 nitrogen and oxygen atoms in total. The fourth-order valence-corrected chi connectivity index (χ4v) is 1.55. The fraction of sp³-hybridized carbons (Fsp3) is 0.429. The Morgan fingerprint density at radius 2 is 1.93 bits per heavy atom. The van der Waals surface area contributed by atoms with Crippen LogP contribution in [-0.4, -0.2) is 6.04 Å². The first kappa shape index (κ1) is 11.8. The smallest absolute Gasteiger partial charge is 0.0342 e. The lowest BCUT2D eigenvalue weighted by Gasteiger charge is -2.10. The largest absolute Gasteiger partial charge is 0.383 e. The normalized spacial score (nSPS) is 10.3. The van der Waals surface area contributed by atoms with Gasteiger partial charge in [-0.3, -0.25) is 0 Å². The molecule has 1 heteroatoms. The molecule has 0 spiro atoms. The molecule has 0 aromatic heterocycles. The van der Waals surface area contributed by atoms with Gasteiger partial charge in [0.25, 0.3) is 0 Å². The van der Waals surface area contributed by atoms with Gasteiger partial charge < -0.3 is 5.32 Å². The number of benzene rings is 1.